The molecule has 0 amide bonds. The topological polar surface area (TPSA) is 161 Å². The van der Waals surface area contributed by atoms with Crippen molar-refractivity contribution in [1.82, 2.24) is 0 Å². The number of phenolic OH excluding ortho intramolecular Hbond substituents is 1. The molecule has 0 aromatic heterocycles. The van der Waals surface area contributed by atoms with Crippen molar-refractivity contribution in [2.45, 2.75) is 107 Å². The maximum Gasteiger partial charge on any atom is 0.303 e. The standard InChI is InChI=1S/C33H38O13/c1-14-10-18-23(24(36)22-17(25(18)38-5)8-7-9-19(22)35)26-21(14)27-29-33(39-6,45-26)31(12-41-31)32(44-27,46-29)13-40-20-11-30(4,37)28(15(2)42-20)43-16(3)34/h10,15,20,27-29,36-37H,7-9,11-13H2,1-6H3/t15?,20?,27?,28?,29?,30?,31-,32?,33-/m1/s1. The lowest BCUT2D eigenvalue weighted by Gasteiger charge is -2.49. The summed E-state index contributed by atoms with van der Waals surface area (Å²) in [6.07, 6.45) is -2.23. The molecule has 1 spiro atoms. The first-order valence-electron chi connectivity index (χ1n) is 15.7. The summed E-state index contributed by atoms with van der Waals surface area (Å²) in [7, 11) is 3.06. The van der Waals surface area contributed by atoms with Gasteiger partial charge in [0, 0.05) is 43.4 Å². The highest BCUT2D eigenvalue weighted by Crippen LogP contribution is 2.71. The second kappa shape index (κ2) is 9.75. The van der Waals surface area contributed by atoms with Crippen LogP contribution in [0.25, 0.3) is 10.8 Å². The summed E-state index contributed by atoms with van der Waals surface area (Å²) in [5.74, 6) is -2.92. The molecule has 4 fully saturated rings. The summed E-state index contributed by atoms with van der Waals surface area (Å²) in [5, 5.41) is 23.8. The first kappa shape index (κ1) is 30.3. The van der Waals surface area contributed by atoms with E-state index in [1.807, 2.05) is 13.0 Å². The molecule has 248 valence electrons. The molecule has 2 aromatic rings. The quantitative estimate of drug-likeness (QED) is 0.350. The predicted octanol–water partition coefficient (Wildman–Crippen LogP) is 2.89. The van der Waals surface area contributed by atoms with Gasteiger partial charge < -0.3 is 52.8 Å². The Hall–Kier alpha value is -3.04. The smallest absolute Gasteiger partial charge is 0.303 e. The van der Waals surface area contributed by atoms with Crippen LogP contribution in [0.4, 0.5) is 0 Å². The number of hydrogen-bond acceptors (Lipinski definition) is 13. The Morgan fingerprint density at radius 2 is 1.96 bits per heavy atom. The Bertz CT molecular complexity index is 1680. The van der Waals surface area contributed by atoms with E-state index in [-0.39, 0.29) is 36.7 Å². The van der Waals surface area contributed by atoms with Crippen LogP contribution >= 0.6 is 0 Å². The molecule has 8 rings (SSSR count). The minimum atomic E-state index is -1.49. The van der Waals surface area contributed by atoms with Crippen molar-refractivity contribution in [3.05, 3.63) is 28.3 Å². The van der Waals surface area contributed by atoms with Crippen molar-refractivity contribution in [3.63, 3.8) is 0 Å². The van der Waals surface area contributed by atoms with Crippen LogP contribution in [0.15, 0.2) is 6.07 Å². The number of ketones is 1. The maximum absolute atomic E-state index is 13.1. The molecule has 6 aliphatic rings. The summed E-state index contributed by atoms with van der Waals surface area (Å²) in [6.45, 7) is 6.50. The van der Waals surface area contributed by atoms with Crippen molar-refractivity contribution in [2.75, 3.05) is 27.4 Å². The Kier molecular flexibility index (Phi) is 6.42. The van der Waals surface area contributed by atoms with Crippen LogP contribution < -0.4 is 9.47 Å². The van der Waals surface area contributed by atoms with Crippen LogP contribution in [-0.2, 0) is 44.4 Å². The number of carbonyl (C=O) groups excluding carboxylic acids is 2. The lowest BCUT2D eigenvalue weighted by molar-refractivity contribution is -0.323. The number of aryl methyl sites for hydroxylation is 1. The van der Waals surface area contributed by atoms with Crippen LogP contribution in [0.3, 0.4) is 0 Å². The van der Waals surface area contributed by atoms with Gasteiger partial charge in [-0.25, -0.2) is 0 Å². The third-order valence-electron chi connectivity index (χ3n) is 10.6. The van der Waals surface area contributed by atoms with Crippen molar-refractivity contribution < 1.29 is 62.4 Å². The molecule has 5 aliphatic heterocycles. The van der Waals surface area contributed by atoms with E-state index in [9.17, 15) is 19.8 Å². The van der Waals surface area contributed by atoms with Crippen LogP contribution in [0.1, 0.15) is 73.2 Å². The molecule has 46 heavy (non-hydrogen) atoms. The Morgan fingerprint density at radius 3 is 2.61 bits per heavy atom. The maximum atomic E-state index is 13.1. The number of phenols is 1. The van der Waals surface area contributed by atoms with Gasteiger partial charge in [-0.15, -0.1) is 0 Å². The van der Waals surface area contributed by atoms with E-state index in [1.54, 1.807) is 21.0 Å². The van der Waals surface area contributed by atoms with Gasteiger partial charge in [0.15, 0.2) is 24.3 Å². The Morgan fingerprint density at radius 1 is 1.20 bits per heavy atom. The van der Waals surface area contributed by atoms with Gasteiger partial charge in [-0.2, -0.15) is 0 Å². The predicted molar refractivity (Wildman–Crippen MR) is 156 cm³/mol. The highest BCUT2D eigenvalue weighted by Gasteiger charge is 2.91. The van der Waals surface area contributed by atoms with Crippen LogP contribution in [0.5, 0.6) is 17.2 Å². The van der Waals surface area contributed by atoms with E-state index in [0.29, 0.717) is 52.7 Å². The Balaban J connectivity index is 1.18. The number of Topliss-reactive ketones (excluding diaryl/α,β-unsaturated/α-hetero) is 1. The van der Waals surface area contributed by atoms with Gasteiger partial charge in [-0.3, -0.25) is 9.59 Å². The minimum absolute atomic E-state index is 0.0239. The lowest BCUT2D eigenvalue weighted by Crippen LogP contribution is -2.68. The van der Waals surface area contributed by atoms with Gasteiger partial charge in [0.05, 0.1) is 30.8 Å². The van der Waals surface area contributed by atoms with Gasteiger partial charge in [0.2, 0.25) is 11.4 Å². The first-order chi connectivity index (χ1) is 21.8. The zero-order valence-electron chi connectivity index (χ0n) is 26.6. The molecule has 7 unspecified atom stereocenters. The molecule has 0 radical (unpaired) electrons. The molecular formula is C33H38O13. The molecule has 9 atom stereocenters. The number of esters is 1. The number of hydrogen-bond donors (Lipinski definition) is 2. The number of fused-ring (bicyclic) bond motifs is 8. The van der Waals surface area contributed by atoms with E-state index in [1.165, 1.54) is 14.0 Å². The minimum Gasteiger partial charge on any atom is -0.506 e. The van der Waals surface area contributed by atoms with Crippen LogP contribution in [-0.4, -0.2) is 96.8 Å². The average Bonchev–Trinajstić information content (AvgIpc) is 3.66. The third-order valence-corrected chi connectivity index (χ3v) is 10.6. The van der Waals surface area contributed by atoms with Gasteiger partial charge in [-0.1, -0.05) is 0 Å². The molecule has 4 saturated heterocycles. The summed E-state index contributed by atoms with van der Waals surface area (Å²) in [4.78, 5) is 24.7. The number of rotatable bonds is 6. The average molecular weight is 643 g/mol. The van der Waals surface area contributed by atoms with E-state index in [2.05, 4.69) is 0 Å². The fraction of sp³-hybridized carbons (Fsp3) is 0.636. The molecule has 5 heterocycles. The van der Waals surface area contributed by atoms with Crippen molar-refractivity contribution in [2.24, 2.45) is 0 Å². The first-order valence-corrected chi connectivity index (χ1v) is 15.7. The van der Waals surface area contributed by atoms with Gasteiger partial charge >= 0.3 is 5.97 Å². The molecule has 2 bridgehead atoms. The van der Waals surface area contributed by atoms with Gasteiger partial charge in [0.1, 0.15) is 35.6 Å². The van der Waals surface area contributed by atoms with Gasteiger partial charge in [-0.05, 0) is 45.2 Å². The van der Waals surface area contributed by atoms with E-state index >= 15 is 0 Å². The number of epoxide rings is 1. The normalized spacial score (nSPS) is 40.1. The van der Waals surface area contributed by atoms with Crippen LogP contribution in [0.2, 0.25) is 0 Å². The highest BCUT2D eigenvalue weighted by atomic mass is 16.9. The number of methoxy groups -OCH3 is 2. The summed E-state index contributed by atoms with van der Waals surface area (Å²) < 4.78 is 55.9. The number of benzene rings is 2. The van der Waals surface area contributed by atoms with Gasteiger partial charge in [0.25, 0.3) is 5.79 Å². The van der Waals surface area contributed by atoms with E-state index < -0.39 is 59.5 Å². The van der Waals surface area contributed by atoms with Crippen molar-refractivity contribution >= 4 is 22.5 Å². The molecule has 13 nitrogen and oxygen atoms in total. The molecule has 2 aromatic carbocycles. The Labute approximate surface area is 264 Å². The molecule has 13 heteroatoms. The SMILES string of the molecule is COc1c2c(c(O)c3c4c(c(C)cc13)C1OC3(COC5CC(C)(O)C(OC(C)=O)C(C)O5)OC1[C@@](OC)(O4)[C@@]31CO1)C(=O)CCC2. The third kappa shape index (κ3) is 3.70. The molecular weight excluding hydrogens is 604 g/mol. The van der Waals surface area contributed by atoms with Crippen LogP contribution in [0, 0.1) is 6.92 Å². The fourth-order valence-corrected chi connectivity index (χ4v) is 8.59. The van der Waals surface area contributed by atoms with Crippen molar-refractivity contribution in [3.8, 4) is 17.2 Å². The summed E-state index contributed by atoms with van der Waals surface area (Å²) in [5.41, 5.74) is -0.244. The molecule has 1 aliphatic carbocycles. The largest absolute Gasteiger partial charge is 0.506 e. The number of carbonyl (C=O) groups is 2. The second-order valence-electron chi connectivity index (χ2n) is 13.5. The lowest BCUT2D eigenvalue weighted by atomic mass is 9.78. The van der Waals surface area contributed by atoms with Crippen molar-refractivity contribution in [1.29, 1.82) is 0 Å². The number of aromatic hydroxyl groups is 1. The zero-order valence-corrected chi connectivity index (χ0v) is 26.6. The fourth-order valence-electron chi connectivity index (χ4n) is 8.59. The monoisotopic (exact) mass is 642 g/mol. The molecule has 0 saturated carbocycles. The molecule has 2 N–H and O–H groups in total. The summed E-state index contributed by atoms with van der Waals surface area (Å²) in [6, 6.07) is 1.91. The van der Waals surface area contributed by atoms with E-state index in [0.717, 1.165) is 5.56 Å². The summed E-state index contributed by atoms with van der Waals surface area (Å²) >= 11 is 0. The zero-order chi connectivity index (χ0) is 32.6. The second-order valence-corrected chi connectivity index (χ2v) is 13.5. The number of aliphatic hydroxyl groups is 1. The highest BCUT2D eigenvalue weighted by molar-refractivity contribution is 6.11. The van der Waals surface area contributed by atoms with E-state index in [4.69, 9.17) is 42.6 Å². The number of ether oxygens (including phenoxy) is 9.